The fourth-order valence-corrected chi connectivity index (χ4v) is 3.15. The van der Waals surface area contributed by atoms with Gasteiger partial charge in [0.25, 0.3) is 0 Å². The van der Waals surface area contributed by atoms with Crippen LogP contribution in [0.4, 0.5) is 23.1 Å². The van der Waals surface area contributed by atoms with E-state index in [1.165, 1.54) is 10.9 Å². The van der Waals surface area contributed by atoms with E-state index in [4.69, 9.17) is 10.7 Å². The Kier molecular flexibility index (Phi) is 4.44. The SMILES string of the molecule is Cc1cc(-n2ncc(C#N)c2Nc2ncnc(N)c2[N+](=O)[O-])nc2c(C)cccc12. The minimum Gasteiger partial charge on any atom is -0.378 e. The molecule has 0 bridgehead atoms. The molecule has 11 nitrogen and oxygen atoms in total. The van der Waals surface area contributed by atoms with E-state index in [1.54, 1.807) is 0 Å². The van der Waals surface area contributed by atoms with Gasteiger partial charge in [-0.3, -0.25) is 10.1 Å². The van der Waals surface area contributed by atoms with Gasteiger partial charge in [0.15, 0.2) is 11.6 Å². The molecule has 0 fully saturated rings. The molecule has 4 rings (SSSR count). The highest BCUT2D eigenvalue weighted by Crippen LogP contribution is 2.31. The topological polar surface area (TPSA) is 161 Å². The first-order valence-corrected chi connectivity index (χ1v) is 8.78. The minimum atomic E-state index is -0.688. The molecular formula is C19H15N9O2. The molecule has 148 valence electrons. The number of nitrogens with two attached hydrogens (primary N) is 1. The molecule has 3 aromatic heterocycles. The van der Waals surface area contributed by atoms with Crippen LogP contribution in [-0.4, -0.2) is 29.7 Å². The van der Waals surface area contributed by atoms with Crippen molar-refractivity contribution in [2.24, 2.45) is 0 Å². The Balaban J connectivity index is 1.90. The van der Waals surface area contributed by atoms with Crippen LogP contribution in [0.15, 0.2) is 36.8 Å². The second-order valence-corrected chi connectivity index (χ2v) is 6.54. The van der Waals surface area contributed by atoms with Crippen LogP contribution in [-0.2, 0) is 0 Å². The maximum atomic E-state index is 11.4. The first-order valence-electron chi connectivity index (χ1n) is 8.78. The van der Waals surface area contributed by atoms with Gasteiger partial charge in [0, 0.05) is 5.39 Å². The molecule has 0 aliphatic rings. The Bertz CT molecular complexity index is 1350. The van der Waals surface area contributed by atoms with E-state index in [2.05, 4.69) is 20.4 Å². The van der Waals surface area contributed by atoms with Crippen molar-refractivity contribution >= 4 is 34.0 Å². The molecule has 1 aromatic carbocycles. The third-order valence-corrected chi connectivity index (χ3v) is 4.61. The van der Waals surface area contributed by atoms with Gasteiger partial charge in [0.2, 0.25) is 11.6 Å². The Labute approximate surface area is 170 Å². The van der Waals surface area contributed by atoms with Crippen LogP contribution in [0.5, 0.6) is 0 Å². The second kappa shape index (κ2) is 7.10. The molecule has 0 atom stereocenters. The number of anilines is 3. The molecule has 3 heterocycles. The van der Waals surface area contributed by atoms with Gasteiger partial charge in [-0.05, 0) is 31.0 Å². The van der Waals surface area contributed by atoms with Gasteiger partial charge in [0.05, 0.1) is 16.6 Å². The van der Waals surface area contributed by atoms with Crippen molar-refractivity contribution in [1.29, 1.82) is 5.26 Å². The number of nitrogens with one attached hydrogen (secondary N) is 1. The largest absolute Gasteiger partial charge is 0.378 e. The summed E-state index contributed by atoms with van der Waals surface area (Å²) in [6.45, 7) is 3.90. The van der Waals surface area contributed by atoms with E-state index >= 15 is 0 Å². The van der Waals surface area contributed by atoms with Gasteiger partial charge < -0.3 is 11.1 Å². The van der Waals surface area contributed by atoms with E-state index in [-0.39, 0.29) is 23.0 Å². The van der Waals surface area contributed by atoms with Gasteiger partial charge in [0.1, 0.15) is 18.0 Å². The first-order chi connectivity index (χ1) is 14.4. The lowest BCUT2D eigenvalue weighted by Gasteiger charge is -2.12. The molecule has 4 aromatic rings. The molecule has 0 aliphatic carbocycles. The van der Waals surface area contributed by atoms with Crippen molar-refractivity contribution in [2.45, 2.75) is 13.8 Å². The number of nitrogen functional groups attached to an aromatic ring is 1. The zero-order chi connectivity index (χ0) is 21.4. The van der Waals surface area contributed by atoms with E-state index in [0.29, 0.717) is 5.82 Å². The van der Waals surface area contributed by atoms with Crippen molar-refractivity contribution in [3.63, 3.8) is 0 Å². The van der Waals surface area contributed by atoms with Crippen molar-refractivity contribution in [3.8, 4) is 11.9 Å². The Morgan fingerprint density at radius 3 is 2.80 bits per heavy atom. The zero-order valence-electron chi connectivity index (χ0n) is 16.0. The molecule has 0 saturated carbocycles. The quantitative estimate of drug-likeness (QED) is 0.387. The zero-order valence-corrected chi connectivity index (χ0v) is 16.0. The fourth-order valence-electron chi connectivity index (χ4n) is 3.15. The van der Waals surface area contributed by atoms with Crippen LogP contribution in [0, 0.1) is 35.3 Å². The lowest BCUT2D eigenvalue weighted by atomic mass is 10.1. The number of aromatic nitrogens is 5. The second-order valence-electron chi connectivity index (χ2n) is 6.54. The lowest BCUT2D eigenvalue weighted by molar-refractivity contribution is -0.383. The van der Waals surface area contributed by atoms with Crippen molar-refractivity contribution in [2.75, 3.05) is 11.1 Å². The Hall–Kier alpha value is -4.59. The molecule has 3 N–H and O–H groups in total. The Morgan fingerprint density at radius 2 is 2.07 bits per heavy atom. The standard InChI is InChI=1S/C19H15N9O2/c1-10-4-3-5-13-11(2)6-14(25-15(10)13)27-19(12(7-20)8-24-27)26-18-16(28(29)30)17(21)22-9-23-18/h3-6,8-9H,1-2H3,(H3,21,22,23,26). The third-order valence-electron chi connectivity index (χ3n) is 4.61. The summed E-state index contributed by atoms with van der Waals surface area (Å²) in [5.41, 5.74) is 8.05. The van der Waals surface area contributed by atoms with E-state index in [9.17, 15) is 15.4 Å². The summed E-state index contributed by atoms with van der Waals surface area (Å²) in [6.07, 6.45) is 2.44. The molecule has 0 spiro atoms. The van der Waals surface area contributed by atoms with Crippen LogP contribution in [0.25, 0.3) is 16.7 Å². The Morgan fingerprint density at radius 1 is 1.27 bits per heavy atom. The van der Waals surface area contributed by atoms with Crippen molar-refractivity contribution in [3.05, 3.63) is 63.6 Å². The summed E-state index contributed by atoms with van der Waals surface area (Å²) < 4.78 is 1.40. The molecule has 0 radical (unpaired) electrons. The number of nitrogens with zero attached hydrogens (tertiary/aromatic N) is 7. The molecule has 0 aliphatic heterocycles. The summed E-state index contributed by atoms with van der Waals surface area (Å²) >= 11 is 0. The predicted molar refractivity (Wildman–Crippen MR) is 109 cm³/mol. The van der Waals surface area contributed by atoms with Crippen molar-refractivity contribution < 1.29 is 4.92 Å². The highest BCUT2D eigenvalue weighted by molar-refractivity contribution is 5.86. The number of fused-ring (bicyclic) bond motifs is 1. The molecular weight excluding hydrogens is 386 g/mol. The lowest BCUT2D eigenvalue weighted by Crippen LogP contribution is -2.10. The van der Waals surface area contributed by atoms with Crippen molar-refractivity contribution in [1.82, 2.24) is 24.7 Å². The van der Waals surface area contributed by atoms with Crippen LogP contribution in [0.3, 0.4) is 0 Å². The average molecular weight is 401 g/mol. The maximum absolute atomic E-state index is 11.4. The number of aryl methyl sites for hydroxylation is 2. The maximum Gasteiger partial charge on any atom is 0.353 e. The van der Waals surface area contributed by atoms with Gasteiger partial charge in [-0.15, -0.1) is 0 Å². The van der Waals surface area contributed by atoms with Crippen LogP contribution >= 0.6 is 0 Å². The first kappa shape index (κ1) is 18.8. The van der Waals surface area contributed by atoms with Crippen LogP contribution in [0.1, 0.15) is 16.7 Å². The normalized spacial score (nSPS) is 10.7. The summed E-state index contributed by atoms with van der Waals surface area (Å²) in [5.74, 6) is 0.179. The fraction of sp³-hybridized carbons (Fsp3) is 0.105. The number of nitro groups is 1. The van der Waals surface area contributed by atoms with Gasteiger partial charge in [-0.2, -0.15) is 15.0 Å². The smallest absolute Gasteiger partial charge is 0.353 e. The third kappa shape index (κ3) is 3.02. The number of nitriles is 1. The highest BCUT2D eigenvalue weighted by atomic mass is 16.6. The van der Waals surface area contributed by atoms with Gasteiger partial charge in [-0.25, -0.2) is 15.0 Å². The van der Waals surface area contributed by atoms with E-state index in [1.807, 2.05) is 44.2 Å². The van der Waals surface area contributed by atoms with Gasteiger partial charge >= 0.3 is 5.69 Å². The summed E-state index contributed by atoms with van der Waals surface area (Å²) in [5, 5.41) is 29.0. The highest BCUT2D eigenvalue weighted by Gasteiger charge is 2.24. The molecule has 0 amide bonds. The number of hydrogen-bond acceptors (Lipinski definition) is 9. The van der Waals surface area contributed by atoms with Gasteiger partial charge in [-0.1, -0.05) is 18.2 Å². The van der Waals surface area contributed by atoms with E-state index in [0.717, 1.165) is 28.4 Å². The number of para-hydroxylation sites is 1. The number of pyridine rings is 1. The number of benzene rings is 1. The minimum absolute atomic E-state index is 0.153. The number of rotatable bonds is 4. The molecule has 11 heteroatoms. The number of hydrogen-bond donors (Lipinski definition) is 2. The molecule has 30 heavy (non-hydrogen) atoms. The summed E-state index contributed by atoms with van der Waals surface area (Å²) in [6, 6.07) is 9.72. The molecule has 0 saturated heterocycles. The van der Waals surface area contributed by atoms with E-state index < -0.39 is 10.6 Å². The summed E-state index contributed by atoms with van der Waals surface area (Å²) in [4.78, 5) is 23.0. The summed E-state index contributed by atoms with van der Waals surface area (Å²) in [7, 11) is 0. The average Bonchev–Trinajstić information content (AvgIpc) is 3.11. The van der Waals surface area contributed by atoms with Crippen LogP contribution < -0.4 is 11.1 Å². The molecule has 0 unspecified atom stereocenters. The van der Waals surface area contributed by atoms with Crippen LogP contribution in [0.2, 0.25) is 0 Å². The predicted octanol–water partition coefficient (Wildman–Crippen LogP) is 2.93. The monoisotopic (exact) mass is 401 g/mol.